The fraction of sp³-hybridized carbons (Fsp3) is 0.879. The van der Waals surface area contributed by atoms with Gasteiger partial charge in [-0.2, -0.15) is 0 Å². The summed E-state index contributed by atoms with van der Waals surface area (Å²) in [5.74, 6) is -1.44. The summed E-state index contributed by atoms with van der Waals surface area (Å²) in [7, 11) is 5.44. The van der Waals surface area contributed by atoms with Gasteiger partial charge in [0.05, 0.1) is 6.04 Å². The van der Waals surface area contributed by atoms with E-state index in [0.29, 0.717) is 6.42 Å². The summed E-state index contributed by atoms with van der Waals surface area (Å²) in [4.78, 5) is 57.5. The van der Waals surface area contributed by atoms with Crippen molar-refractivity contribution in [1.82, 2.24) is 20.4 Å². The van der Waals surface area contributed by atoms with Gasteiger partial charge in [0.15, 0.2) is 0 Å². The van der Waals surface area contributed by atoms with Crippen LogP contribution in [0.25, 0.3) is 0 Å². The molecule has 0 saturated heterocycles. The standard InChI is InChI=1S/C33H58N4O5/c1-22(2)21-26(33(41)42)37(5)32(40)28(24-17-11-7-12-18-24)35-30(38)27(23-15-9-6-10-16-23)34-31(39)29(36(3)4)25-19-13-8-14-20-25/h22-29H,6-21H2,1-5H3,(H,34,39)(H,35,38)(H,41,42)/t26-,27-,28-,29-/m1/s1. The third kappa shape index (κ3) is 9.42. The Morgan fingerprint density at radius 2 is 1.10 bits per heavy atom. The second-order valence-corrected chi connectivity index (χ2v) is 14.0. The number of hydrogen-bond acceptors (Lipinski definition) is 5. The Hall–Kier alpha value is -2.16. The topological polar surface area (TPSA) is 119 Å². The Morgan fingerprint density at radius 3 is 1.52 bits per heavy atom. The number of carbonyl (C=O) groups is 4. The first-order chi connectivity index (χ1) is 20.0. The summed E-state index contributed by atoms with van der Waals surface area (Å²) in [6.45, 7) is 3.89. The molecule has 9 heteroatoms. The van der Waals surface area contributed by atoms with Crippen LogP contribution in [0.3, 0.4) is 0 Å². The maximum Gasteiger partial charge on any atom is 0.326 e. The zero-order valence-electron chi connectivity index (χ0n) is 26.9. The molecule has 3 N–H and O–H groups in total. The van der Waals surface area contributed by atoms with Gasteiger partial charge in [0.2, 0.25) is 17.7 Å². The SMILES string of the molecule is CC(C)C[C@H](C(=O)O)N(C)C(=O)[C@H](NC(=O)[C@H](NC(=O)[C@@H](C1CCCCC1)N(C)C)C1CCCCC1)C1CCCCC1. The zero-order chi connectivity index (χ0) is 30.8. The highest BCUT2D eigenvalue weighted by Gasteiger charge is 2.41. The molecule has 3 fully saturated rings. The number of rotatable bonds is 13. The van der Waals surface area contributed by atoms with Crippen LogP contribution in [0.15, 0.2) is 0 Å². The van der Waals surface area contributed by atoms with Gasteiger partial charge in [-0.25, -0.2) is 4.79 Å². The van der Waals surface area contributed by atoms with Crippen molar-refractivity contribution in [3.05, 3.63) is 0 Å². The molecule has 3 aliphatic rings. The van der Waals surface area contributed by atoms with Crippen LogP contribution in [0.2, 0.25) is 0 Å². The van der Waals surface area contributed by atoms with E-state index >= 15 is 0 Å². The highest BCUT2D eigenvalue weighted by atomic mass is 16.4. The number of carboxylic acid groups (broad SMARTS) is 1. The normalized spacial score (nSPS) is 22.3. The molecule has 0 heterocycles. The minimum atomic E-state index is -1.03. The van der Waals surface area contributed by atoms with Crippen LogP contribution in [0.5, 0.6) is 0 Å². The molecular weight excluding hydrogens is 532 g/mol. The van der Waals surface area contributed by atoms with Crippen LogP contribution in [-0.2, 0) is 19.2 Å². The van der Waals surface area contributed by atoms with Crippen molar-refractivity contribution in [3.63, 3.8) is 0 Å². The smallest absolute Gasteiger partial charge is 0.326 e. The van der Waals surface area contributed by atoms with Gasteiger partial charge in [-0.1, -0.05) is 71.6 Å². The summed E-state index contributed by atoms with van der Waals surface area (Å²) >= 11 is 0. The number of carbonyl (C=O) groups excluding carboxylic acids is 3. The van der Waals surface area contributed by atoms with Gasteiger partial charge in [0, 0.05) is 7.05 Å². The molecule has 3 rings (SSSR count). The van der Waals surface area contributed by atoms with Crippen LogP contribution in [0.1, 0.15) is 117 Å². The van der Waals surface area contributed by atoms with E-state index in [9.17, 15) is 24.3 Å². The van der Waals surface area contributed by atoms with Crippen LogP contribution in [-0.4, -0.2) is 83.9 Å². The summed E-state index contributed by atoms with van der Waals surface area (Å²) in [5.41, 5.74) is 0. The van der Waals surface area contributed by atoms with E-state index in [2.05, 4.69) is 10.6 Å². The largest absolute Gasteiger partial charge is 0.480 e. The lowest BCUT2D eigenvalue weighted by Gasteiger charge is -2.38. The lowest BCUT2D eigenvalue weighted by atomic mass is 9.80. The van der Waals surface area contributed by atoms with Crippen molar-refractivity contribution in [2.24, 2.45) is 23.7 Å². The van der Waals surface area contributed by atoms with Crippen molar-refractivity contribution >= 4 is 23.7 Å². The first-order valence-electron chi connectivity index (χ1n) is 16.8. The quantitative estimate of drug-likeness (QED) is 0.289. The summed E-state index contributed by atoms with van der Waals surface area (Å²) in [6, 6.07) is -2.76. The summed E-state index contributed by atoms with van der Waals surface area (Å²) in [5, 5.41) is 16.3. The number of likely N-dealkylation sites (N-methyl/N-ethyl adjacent to an activating group) is 2. The van der Waals surface area contributed by atoms with Gasteiger partial charge in [0.25, 0.3) is 0 Å². The molecule has 4 atom stereocenters. The molecule has 0 aromatic carbocycles. The average molecular weight is 591 g/mol. The molecule has 240 valence electrons. The molecule has 0 aromatic heterocycles. The molecule has 0 aromatic rings. The minimum absolute atomic E-state index is 0.0180. The lowest BCUT2D eigenvalue weighted by molar-refractivity contribution is -0.152. The maximum atomic E-state index is 14.2. The fourth-order valence-corrected chi connectivity index (χ4v) is 7.76. The molecule has 0 unspecified atom stereocenters. The Bertz CT molecular complexity index is 891. The molecule has 0 bridgehead atoms. The van der Waals surface area contributed by atoms with E-state index in [1.165, 1.54) is 11.3 Å². The van der Waals surface area contributed by atoms with Crippen LogP contribution in [0, 0.1) is 23.7 Å². The Labute approximate surface area is 253 Å². The number of amides is 3. The van der Waals surface area contributed by atoms with E-state index in [4.69, 9.17) is 0 Å². The van der Waals surface area contributed by atoms with Gasteiger partial charge < -0.3 is 20.6 Å². The molecule has 3 amide bonds. The monoisotopic (exact) mass is 590 g/mol. The van der Waals surface area contributed by atoms with Crippen LogP contribution < -0.4 is 10.6 Å². The van der Waals surface area contributed by atoms with Gasteiger partial charge in [-0.05, 0) is 82.7 Å². The second kappa shape index (κ2) is 16.6. The molecule has 9 nitrogen and oxygen atoms in total. The van der Waals surface area contributed by atoms with E-state index < -0.39 is 24.1 Å². The van der Waals surface area contributed by atoms with Crippen molar-refractivity contribution in [2.75, 3.05) is 21.1 Å². The maximum absolute atomic E-state index is 14.2. The van der Waals surface area contributed by atoms with Gasteiger partial charge in [-0.15, -0.1) is 0 Å². The van der Waals surface area contributed by atoms with Crippen molar-refractivity contribution in [3.8, 4) is 0 Å². The third-order valence-corrected chi connectivity index (χ3v) is 10.1. The number of hydrogen-bond donors (Lipinski definition) is 3. The fourth-order valence-electron chi connectivity index (χ4n) is 7.76. The molecule has 42 heavy (non-hydrogen) atoms. The predicted octanol–water partition coefficient (Wildman–Crippen LogP) is 4.58. The molecule has 0 aliphatic heterocycles. The first kappa shape index (κ1) is 34.3. The Balaban J connectivity index is 1.86. The minimum Gasteiger partial charge on any atom is -0.480 e. The predicted molar refractivity (Wildman–Crippen MR) is 165 cm³/mol. The highest BCUT2D eigenvalue weighted by molar-refractivity contribution is 5.94. The number of nitrogens with zero attached hydrogens (tertiary/aromatic N) is 2. The van der Waals surface area contributed by atoms with Gasteiger partial charge in [0.1, 0.15) is 18.1 Å². The summed E-state index contributed by atoms with van der Waals surface area (Å²) in [6.07, 6.45) is 15.4. The summed E-state index contributed by atoms with van der Waals surface area (Å²) < 4.78 is 0. The molecule has 0 radical (unpaired) electrons. The van der Waals surface area contributed by atoms with E-state index in [1.807, 2.05) is 32.8 Å². The van der Waals surface area contributed by atoms with E-state index in [0.717, 1.165) is 89.9 Å². The first-order valence-corrected chi connectivity index (χ1v) is 16.8. The van der Waals surface area contributed by atoms with Crippen molar-refractivity contribution in [2.45, 2.75) is 141 Å². The van der Waals surface area contributed by atoms with Gasteiger partial charge >= 0.3 is 5.97 Å². The average Bonchev–Trinajstić information content (AvgIpc) is 2.97. The molecule has 0 spiro atoms. The molecular formula is C33H58N4O5. The zero-order valence-corrected chi connectivity index (χ0v) is 26.9. The molecule has 3 aliphatic carbocycles. The molecule has 3 saturated carbocycles. The number of carboxylic acids is 1. The van der Waals surface area contributed by atoms with Crippen LogP contribution in [0.4, 0.5) is 0 Å². The van der Waals surface area contributed by atoms with E-state index in [1.54, 1.807) is 7.05 Å². The second-order valence-electron chi connectivity index (χ2n) is 14.0. The third-order valence-electron chi connectivity index (χ3n) is 10.1. The Morgan fingerprint density at radius 1 is 0.667 bits per heavy atom. The highest BCUT2D eigenvalue weighted by Crippen LogP contribution is 2.32. The van der Waals surface area contributed by atoms with Crippen molar-refractivity contribution < 1.29 is 24.3 Å². The Kier molecular flexibility index (Phi) is 13.6. The van der Waals surface area contributed by atoms with Crippen molar-refractivity contribution in [1.29, 1.82) is 0 Å². The number of nitrogens with one attached hydrogen (secondary N) is 2. The lowest BCUT2D eigenvalue weighted by Crippen LogP contribution is -2.61. The number of aliphatic carboxylic acids is 1. The van der Waals surface area contributed by atoms with Crippen LogP contribution >= 0.6 is 0 Å². The van der Waals surface area contributed by atoms with E-state index in [-0.39, 0.29) is 47.4 Å². The van der Waals surface area contributed by atoms with Gasteiger partial charge in [-0.3, -0.25) is 19.3 Å².